The van der Waals surface area contributed by atoms with Gasteiger partial charge in [-0.1, -0.05) is 6.07 Å². The molecule has 0 atom stereocenters. The Morgan fingerprint density at radius 3 is 2.89 bits per heavy atom. The van der Waals surface area contributed by atoms with E-state index in [-0.39, 0.29) is 18.3 Å². The molecule has 0 spiro atoms. The van der Waals surface area contributed by atoms with Gasteiger partial charge in [0.05, 0.1) is 19.0 Å². The van der Waals surface area contributed by atoms with Crippen molar-refractivity contribution in [1.29, 1.82) is 5.26 Å². The minimum atomic E-state index is -0.230. The van der Waals surface area contributed by atoms with Crippen molar-refractivity contribution < 1.29 is 9.18 Å². The van der Waals surface area contributed by atoms with Gasteiger partial charge in [0, 0.05) is 6.54 Å². The predicted molar refractivity (Wildman–Crippen MR) is 71.0 cm³/mol. The van der Waals surface area contributed by atoms with Crippen molar-refractivity contribution in [1.82, 2.24) is 10.6 Å². The highest BCUT2D eigenvalue weighted by atomic mass is 19.1. The van der Waals surface area contributed by atoms with Gasteiger partial charge < -0.3 is 10.6 Å². The number of amides is 1. The van der Waals surface area contributed by atoms with Crippen molar-refractivity contribution in [3.05, 3.63) is 35.1 Å². The van der Waals surface area contributed by atoms with Crippen molar-refractivity contribution in [3.63, 3.8) is 0 Å². The molecule has 0 saturated carbocycles. The first-order valence-electron chi connectivity index (χ1n) is 6.23. The number of nitrogens with zero attached hydrogens (tertiary/aromatic N) is 1. The zero-order valence-corrected chi connectivity index (χ0v) is 11.0. The molecule has 1 amide bonds. The predicted octanol–water partition coefficient (Wildman–Crippen LogP) is 1.30. The summed E-state index contributed by atoms with van der Waals surface area (Å²) in [6, 6.07) is 6.67. The number of halogens is 1. The van der Waals surface area contributed by atoms with Crippen LogP contribution < -0.4 is 10.6 Å². The minimum absolute atomic E-state index is 0.119. The number of carbonyl (C=O) groups excluding carboxylic acids is 1. The maximum atomic E-state index is 12.9. The van der Waals surface area contributed by atoms with E-state index in [9.17, 15) is 9.18 Å². The van der Waals surface area contributed by atoms with Crippen LogP contribution in [0.5, 0.6) is 0 Å². The van der Waals surface area contributed by atoms with Crippen molar-refractivity contribution in [2.75, 3.05) is 19.6 Å². The number of hydrogen-bond donors (Lipinski definition) is 2. The monoisotopic (exact) mass is 263 g/mol. The van der Waals surface area contributed by atoms with Gasteiger partial charge in [0.25, 0.3) is 0 Å². The molecule has 0 heterocycles. The van der Waals surface area contributed by atoms with E-state index in [1.54, 1.807) is 6.07 Å². The molecule has 0 radical (unpaired) electrons. The first kappa shape index (κ1) is 15.1. The lowest BCUT2D eigenvalue weighted by molar-refractivity contribution is -0.120. The van der Waals surface area contributed by atoms with Crippen LogP contribution in [-0.2, 0) is 11.2 Å². The quantitative estimate of drug-likeness (QED) is 0.729. The SMILES string of the molecule is Cc1cc(F)ccc1CCNCC(=O)NCCC#N. The second kappa shape index (κ2) is 8.22. The Hall–Kier alpha value is -1.93. The average Bonchev–Trinajstić information content (AvgIpc) is 2.37. The number of benzene rings is 1. The molecule has 5 heteroatoms. The van der Waals surface area contributed by atoms with Crippen LogP contribution >= 0.6 is 0 Å². The number of hydrogen-bond acceptors (Lipinski definition) is 3. The number of nitriles is 1. The van der Waals surface area contributed by atoms with Crippen LogP contribution in [0.4, 0.5) is 4.39 Å². The van der Waals surface area contributed by atoms with Crippen LogP contribution in [0.25, 0.3) is 0 Å². The fraction of sp³-hybridized carbons (Fsp3) is 0.429. The van der Waals surface area contributed by atoms with E-state index < -0.39 is 0 Å². The van der Waals surface area contributed by atoms with Crippen LogP contribution in [0.2, 0.25) is 0 Å². The summed E-state index contributed by atoms with van der Waals surface area (Å²) in [5.74, 6) is -0.350. The second-order valence-corrected chi connectivity index (χ2v) is 4.26. The normalized spacial score (nSPS) is 9.95. The van der Waals surface area contributed by atoms with Gasteiger partial charge in [0.1, 0.15) is 5.82 Å². The molecule has 0 saturated heterocycles. The van der Waals surface area contributed by atoms with Crippen LogP contribution in [0.15, 0.2) is 18.2 Å². The Bertz CT molecular complexity index is 468. The van der Waals surface area contributed by atoms with Gasteiger partial charge in [-0.3, -0.25) is 4.79 Å². The lowest BCUT2D eigenvalue weighted by Crippen LogP contribution is -2.35. The summed E-state index contributed by atoms with van der Waals surface area (Å²) in [5.41, 5.74) is 1.99. The summed E-state index contributed by atoms with van der Waals surface area (Å²) in [6.45, 7) is 3.13. The highest BCUT2D eigenvalue weighted by Crippen LogP contribution is 2.10. The number of nitrogens with one attached hydrogen (secondary N) is 2. The van der Waals surface area contributed by atoms with Crippen molar-refractivity contribution in [2.24, 2.45) is 0 Å². The van der Waals surface area contributed by atoms with Crippen molar-refractivity contribution >= 4 is 5.91 Å². The van der Waals surface area contributed by atoms with Crippen LogP contribution in [0.1, 0.15) is 17.5 Å². The fourth-order valence-corrected chi connectivity index (χ4v) is 1.69. The Balaban J connectivity index is 2.20. The largest absolute Gasteiger partial charge is 0.354 e. The molecule has 2 N–H and O–H groups in total. The zero-order chi connectivity index (χ0) is 14.1. The molecule has 0 aromatic heterocycles. The highest BCUT2D eigenvalue weighted by Gasteiger charge is 2.02. The van der Waals surface area contributed by atoms with E-state index in [1.807, 2.05) is 13.0 Å². The van der Waals surface area contributed by atoms with Gasteiger partial charge in [-0.2, -0.15) is 5.26 Å². The Morgan fingerprint density at radius 2 is 2.21 bits per heavy atom. The van der Waals surface area contributed by atoms with Crippen LogP contribution in [0.3, 0.4) is 0 Å². The molecule has 4 nitrogen and oxygen atoms in total. The maximum Gasteiger partial charge on any atom is 0.233 e. The van der Waals surface area contributed by atoms with E-state index in [4.69, 9.17) is 5.26 Å². The van der Waals surface area contributed by atoms with Crippen molar-refractivity contribution in [3.8, 4) is 6.07 Å². The smallest absolute Gasteiger partial charge is 0.233 e. The Labute approximate surface area is 112 Å². The van der Waals surface area contributed by atoms with Gasteiger partial charge in [0.15, 0.2) is 0 Å². The lowest BCUT2D eigenvalue weighted by Gasteiger charge is -2.07. The second-order valence-electron chi connectivity index (χ2n) is 4.26. The van der Waals surface area contributed by atoms with Gasteiger partial charge >= 0.3 is 0 Å². The summed E-state index contributed by atoms with van der Waals surface area (Å²) in [6.07, 6.45) is 1.07. The van der Waals surface area contributed by atoms with Gasteiger partial charge in [-0.15, -0.1) is 0 Å². The van der Waals surface area contributed by atoms with Crippen LogP contribution in [0, 0.1) is 24.1 Å². The third-order valence-corrected chi connectivity index (χ3v) is 2.72. The fourth-order valence-electron chi connectivity index (χ4n) is 1.69. The molecule has 0 bridgehead atoms. The highest BCUT2D eigenvalue weighted by molar-refractivity contribution is 5.77. The van der Waals surface area contributed by atoms with Crippen LogP contribution in [-0.4, -0.2) is 25.5 Å². The number of carbonyl (C=O) groups is 1. The third kappa shape index (κ3) is 5.98. The van der Waals surface area contributed by atoms with E-state index >= 15 is 0 Å². The summed E-state index contributed by atoms with van der Waals surface area (Å²) >= 11 is 0. The molecule has 1 rings (SSSR count). The van der Waals surface area contributed by atoms with Gasteiger partial charge in [0.2, 0.25) is 5.91 Å². The first-order valence-corrected chi connectivity index (χ1v) is 6.23. The van der Waals surface area contributed by atoms with Gasteiger partial charge in [-0.25, -0.2) is 4.39 Å². The van der Waals surface area contributed by atoms with Gasteiger partial charge in [-0.05, 0) is 43.1 Å². The first-order chi connectivity index (χ1) is 9.13. The van der Waals surface area contributed by atoms with E-state index in [2.05, 4.69) is 10.6 Å². The summed E-state index contributed by atoms with van der Waals surface area (Å²) < 4.78 is 12.9. The lowest BCUT2D eigenvalue weighted by atomic mass is 10.1. The molecule has 19 heavy (non-hydrogen) atoms. The topological polar surface area (TPSA) is 64.9 Å². The Morgan fingerprint density at radius 1 is 1.42 bits per heavy atom. The summed E-state index contributed by atoms with van der Waals surface area (Å²) in [4.78, 5) is 11.3. The zero-order valence-electron chi connectivity index (χ0n) is 11.0. The number of rotatable bonds is 7. The molecular weight excluding hydrogens is 245 g/mol. The minimum Gasteiger partial charge on any atom is -0.354 e. The molecule has 0 aliphatic carbocycles. The average molecular weight is 263 g/mol. The molecule has 0 aliphatic heterocycles. The summed E-state index contributed by atoms with van der Waals surface area (Å²) in [7, 11) is 0. The maximum absolute atomic E-state index is 12.9. The molecule has 102 valence electrons. The van der Waals surface area contributed by atoms with E-state index in [0.717, 1.165) is 17.5 Å². The van der Waals surface area contributed by atoms with E-state index in [1.165, 1.54) is 12.1 Å². The molecule has 0 unspecified atom stereocenters. The molecule has 1 aromatic rings. The molecule has 0 fully saturated rings. The number of aryl methyl sites for hydroxylation is 1. The van der Waals surface area contributed by atoms with Crippen molar-refractivity contribution in [2.45, 2.75) is 19.8 Å². The van der Waals surface area contributed by atoms with E-state index in [0.29, 0.717) is 19.5 Å². The molecule has 1 aromatic carbocycles. The third-order valence-electron chi connectivity index (χ3n) is 2.72. The standard InChI is InChI=1S/C14H18FN3O/c1-11-9-13(15)4-3-12(11)5-8-17-10-14(19)18-7-2-6-16/h3-4,9,17H,2,5,7-8,10H2,1H3,(H,18,19). The molecule has 0 aliphatic rings. The summed E-state index contributed by atoms with van der Waals surface area (Å²) in [5, 5.41) is 14.0. The Kier molecular flexibility index (Phi) is 6.55. The molecular formula is C14H18FN3O.